The van der Waals surface area contributed by atoms with E-state index in [1.54, 1.807) is 7.11 Å². The van der Waals surface area contributed by atoms with Crippen LogP contribution in [0.2, 0.25) is 0 Å². The monoisotopic (exact) mass is 270 g/mol. The first kappa shape index (κ1) is 14.8. The highest BCUT2D eigenvalue weighted by Gasteiger charge is 2.42. The minimum atomic E-state index is -0.382. The highest BCUT2D eigenvalue weighted by molar-refractivity contribution is 5.83. The van der Waals surface area contributed by atoms with Gasteiger partial charge in [0.25, 0.3) is 0 Å². The number of carbonyl (C=O) groups is 1. The lowest BCUT2D eigenvalue weighted by atomic mass is 9.78. The van der Waals surface area contributed by atoms with Crippen LogP contribution in [0.5, 0.6) is 0 Å². The molecule has 110 valence electrons. The molecule has 0 aromatic heterocycles. The molecule has 2 heterocycles. The van der Waals surface area contributed by atoms with E-state index in [2.05, 4.69) is 0 Å². The van der Waals surface area contributed by atoms with Gasteiger partial charge in [-0.25, -0.2) is 0 Å². The standard InChI is InChI=1S/C14H26N2O3/c1-18-10-12-3-2-6-16(9-12)13(17)14(11-15)4-7-19-8-5-14/h12H,2-11,15H2,1H3. The number of hydrogen-bond acceptors (Lipinski definition) is 4. The van der Waals surface area contributed by atoms with Crippen LogP contribution in [0.4, 0.5) is 0 Å². The Hall–Kier alpha value is -0.650. The van der Waals surface area contributed by atoms with Crippen molar-refractivity contribution in [2.75, 3.05) is 46.6 Å². The summed E-state index contributed by atoms with van der Waals surface area (Å²) >= 11 is 0. The van der Waals surface area contributed by atoms with Gasteiger partial charge in [0.2, 0.25) is 5.91 Å². The summed E-state index contributed by atoms with van der Waals surface area (Å²) < 4.78 is 10.6. The van der Waals surface area contributed by atoms with Crippen molar-refractivity contribution in [3.8, 4) is 0 Å². The van der Waals surface area contributed by atoms with Crippen molar-refractivity contribution < 1.29 is 14.3 Å². The quantitative estimate of drug-likeness (QED) is 0.813. The number of piperidine rings is 1. The Bertz CT molecular complexity index is 301. The highest BCUT2D eigenvalue weighted by Crippen LogP contribution is 2.33. The number of amides is 1. The van der Waals surface area contributed by atoms with E-state index in [0.29, 0.717) is 25.7 Å². The van der Waals surface area contributed by atoms with E-state index in [0.717, 1.165) is 45.4 Å². The molecule has 0 spiro atoms. The number of methoxy groups -OCH3 is 1. The Labute approximate surface area is 115 Å². The summed E-state index contributed by atoms with van der Waals surface area (Å²) in [6.07, 6.45) is 3.73. The first-order valence-corrected chi connectivity index (χ1v) is 7.28. The van der Waals surface area contributed by atoms with Crippen molar-refractivity contribution in [3.05, 3.63) is 0 Å². The summed E-state index contributed by atoms with van der Waals surface area (Å²) in [7, 11) is 1.72. The van der Waals surface area contributed by atoms with Crippen LogP contribution in [0.1, 0.15) is 25.7 Å². The number of hydrogen-bond donors (Lipinski definition) is 1. The SMILES string of the molecule is COCC1CCCN(C(=O)C2(CN)CCOCC2)C1. The maximum absolute atomic E-state index is 12.8. The summed E-state index contributed by atoms with van der Waals surface area (Å²) in [6, 6.07) is 0. The van der Waals surface area contributed by atoms with Crippen LogP contribution >= 0.6 is 0 Å². The minimum Gasteiger partial charge on any atom is -0.384 e. The Kier molecular flexibility index (Phi) is 5.19. The minimum absolute atomic E-state index is 0.235. The van der Waals surface area contributed by atoms with Crippen LogP contribution in [-0.4, -0.2) is 57.4 Å². The lowest BCUT2D eigenvalue weighted by molar-refractivity contribution is -0.149. The molecule has 1 amide bonds. The van der Waals surface area contributed by atoms with Gasteiger partial charge in [0.15, 0.2) is 0 Å². The molecule has 0 aliphatic carbocycles. The highest BCUT2D eigenvalue weighted by atomic mass is 16.5. The molecule has 2 N–H and O–H groups in total. The van der Waals surface area contributed by atoms with Crippen LogP contribution in [-0.2, 0) is 14.3 Å². The summed E-state index contributed by atoms with van der Waals surface area (Å²) in [5.74, 6) is 0.705. The molecular weight excluding hydrogens is 244 g/mol. The van der Waals surface area contributed by atoms with Crippen LogP contribution in [0.3, 0.4) is 0 Å². The average Bonchev–Trinajstić information content (AvgIpc) is 2.48. The predicted molar refractivity (Wildman–Crippen MR) is 72.7 cm³/mol. The molecule has 2 fully saturated rings. The first-order valence-electron chi connectivity index (χ1n) is 7.28. The maximum Gasteiger partial charge on any atom is 0.230 e. The van der Waals surface area contributed by atoms with Crippen LogP contribution in [0.25, 0.3) is 0 Å². The number of rotatable bonds is 4. The van der Waals surface area contributed by atoms with E-state index in [1.165, 1.54) is 0 Å². The van der Waals surface area contributed by atoms with Gasteiger partial charge in [0, 0.05) is 40.0 Å². The second kappa shape index (κ2) is 6.68. The maximum atomic E-state index is 12.8. The van der Waals surface area contributed by atoms with Crippen molar-refractivity contribution in [2.45, 2.75) is 25.7 Å². The Morgan fingerprint density at radius 2 is 2.21 bits per heavy atom. The molecule has 2 saturated heterocycles. The van der Waals surface area contributed by atoms with Gasteiger partial charge in [0.05, 0.1) is 12.0 Å². The molecule has 0 aromatic rings. The smallest absolute Gasteiger partial charge is 0.230 e. The van der Waals surface area contributed by atoms with E-state index < -0.39 is 0 Å². The molecule has 2 rings (SSSR count). The zero-order valence-corrected chi connectivity index (χ0v) is 11.9. The topological polar surface area (TPSA) is 64.8 Å². The fraction of sp³-hybridized carbons (Fsp3) is 0.929. The third-order valence-electron chi connectivity index (χ3n) is 4.50. The Morgan fingerprint density at radius 1 is 1.47 bits per heavy atom. The van der Waals surface area contributed by atoms with E-state index in [4.69, 9.17) is 15.2 Å². The van der Waals surface area contributed by atoms with Crippen LogP contribution in [0, 0.1) is 11.3 Å². The number of likely N-dealkylation sites (tertiary alicyclic amines) is 1. The van der Waals surface area contributed by atoms with Gasteiger partial charge in [-0.1, -0.05) is 0 Å². The Balaban J connectivity index is 2.00. The van der Waals surface area contributed by atoms with Gasteiger partial charge in [-0.3, -0.25) is 4.79 Å². The van der Waals surface area contributed by atoms with Gasteiger partial charge in [-0.05, 0) is 31.6 Å². The molecule has 2 aliphatic heterocycles. The zero-order valence-electron chi connectivity index (χ0n) is 11.9. The van der Waals surface area contributed by atoms with Gasteiger partial charge in [-0.15, -0.1) is 0 Å². The molecule has 5 heteroatoms. The molecule has 5 nitrogen and oxygen atoms in total. The van der Waals surface area contributed by atoms with Crippen molar-refractivity contribution in [2.24, 2.45) is 17.1 Å². The Morgan fingerprint density at radius 3 is 2.84 bits per heavy atom. The molecule has 19 heavy (non-hydrogen) atoms. The van der Waals surface area contributed by atoms with E-state index in [1.807, 2.05) is 4.90 Å². The zero-order chi connectivity index (χ0) is 13.7. The van der Waals surface area contributed by atoms with E-state index in [9.17, 15) is 4.79 Å². The number of nitrogens with two attached hydrogens (primary N) is 1. The summed E-state index contributed by atoms with van der Waals surface area (Å²) in [6.45, 7) is 4.15. The fourth-order valence-corrected chi connectivity index (χ4v) is 3.22. The molecule has 0 radical (unpaired) electrons. The number of nitrogens with zero attached hydrogens (tertiary/aromatic N) is 1. The number of carbonyl (C=O) groups excluding carboxylic acids is 1. The van der Waals surface area contributed by atoms with E-state index in [-0.39, 0.29) is 11.3 Å². The molecule has 1 unspecified atom stereocenters. The third-order valence-corrected chi connectivity index (χ3v) is 4.50. The second-order valence-electron chi connectivity index (χ2n) is 5.81. The van der Waals surface area contributed by atoms with Crippen molar-refractivity contribution in [1.29, 1.82) is 0 Å². The molecular formula is C14H26N2O3. The van der Waals surface area contributed by atoms with Gasteiger partial charge >= 0.3 is 0 Å². The lowest BCUT2D eigenvalue weighted by Crippen LogP contribution is -2.53. The second-order valence-corrected chi connectivity index (χ2v) is 5.81. The van der Waals surface area contributed by atoms with Crippen molar-refractivity contribution >= 4 is 5.91 Å². The summed E-state index contributed by atoms with van der Waals surface area (Å²) in [5, 5.41) is 0. The molecule has 0 saturated carbocycles. The largest absolute Gasteiger partial charge is 0.384 e. The predicted octanol–water partition coefficient (Wildman–Crippen LogP) is 0.627. The fourth-order valence-electron chi connectivity index (χ4n) is 3.22. The van der Waals surface area contributed by atoms with E-state index >= 15 is 0 Å². The van der Waals surface area contributed by atoms with Gasteiger partial charge < -0.3 is 20.1 Å². The lowest BCUT2D eigenvalue weighted by Gasteiger charge is -2.41. The third kappa shape index (κ3) is 3.27. The molecule has 0 bridgehead atoms. The van der Waals surface area contributed by atoms with Gasteiger partial charge in [0.1, 0.15) is 0 Å². The normalized spacial score (nSPS) is 27.3. The summed E-state index contributed by atoms with van der Waals surface area (Å²) in [4.78, 5) is 14.8. The molecule has 1 atom stereocenters. The average molecular weight is 270 g/mol. The summed E-state index contributed by atoms with van der Waals surface area (Å²) in [5.41, 5.74) is 5.53. The van der Waals surface area contributed by atoms with Gasteiger partial charge in [-0.2, -0.15) is 0 Å². The number of ether oxygens (including phenoxy) is 2. The first-order chi connectivity index (χ1) is 9.22. The van der Waals surface area contributed by atoms with Crippen molar-refractivity contribution in [3.63, 3.8) is 0 Å². The molecule has 2 aliphatic rings. The van der Waals surface area contributed by atoms with Crippen molar-refractivity contribution in [1.82, 2.24) is 4.90 Å². The van der Waals surface area contributed by atoms with Crippen LogP contribution in [0.15, 0.2) is 0 Å². The van der Waals surface area contributed by atoms with Crippen LogP contribution < -0.4 is 5.73 Å². The molecule has 0 aromatic carbocycles.